The lowest BCUT2D eigenvalue weighted by Gasteiger charge is -2.32. The number of nitrogens with zero attached hydrogens (tertiary/aromatic N) is 2. The van der Waals surface area contributed by atoms with Crippen molar-refractivity contribution < 1.29 is 26.7 Å². The third kappa shape index (κ3) is 4.79. The molecule has 1 aliphatic rings. The smallest absolute Gasteiger partial charge is 0.246 e. The Labute approximate surface area is 175 Å². The molecule has 0 bridgehead atoms. The van der Waals surface area contributed by atoms with Gasteiger partial charge in [-0.25, -0.2) is 17.2 Å². The van der Waals surface area contributed by atoms with E-state index >= 15 is 0 Å². The minimum Gasteiger partial charge on any atom is -0.497 e. The van der Waals surface area contributed by atoms with Gasteiger partial charge in [0.05, 0.1) is 7.11 Å². The van der Waals surface area contributed by atoms with Gasteiger partial charge >= 0.3 is 0 Å². The largest absolute Gasteiger partial charge is 0.497 e. The predicted octanol–water partition coefficient (Wildman–Crippen LogP) is 3.03. The monoisotopic (exact) mass is 438 g/mol. The summed E-state index contributed by atoms with van der Waals surface area (Å²) < 4.78 is 59.0. The molecular formula is C21H24F2N2O4S. The van der Waals surface area contributed by atoms with Gasteiger partial charge in [0.25, 0.3) is 0 Å². The molecule has 1 fully saturated rings. The fraction of sp³-hybridized carbons (Fsp3) is 0.381. The number of sulfonamides is 1. The molecule has 1 saturated heterocycles. The number of carbonyl (C=O) groups is 1. The third-order valence-electron chi connectivity index (χ3n) is 5.24. The van der Waals surface area contributed by atoms with Crippen LogP contribution in [0.15, 0.2) is 47.4 Å². The van der Waals surface area contributed by atoms with Crippen LogP contribution < -0.4 is 4.74 Å². The standard InChI is InChI=1S/C21H24F2N2O4S/c1-24(14-15-4-3-5-18(12-15)29-2)21(26)16-8-10-25(11-9-16)30(27,28)20-13-17(22)6-7-19(20)23/h3-7,12-13,16H,8-11,14H2,1-2H3. The van der Waals surface area contributed by atoms with Gasteiger partial charge in [-0.15, -0.1) is 0 Å². The molecule has 0 aromatic heterocycles. The van der Waals surface area contributed by atoms with Crippen LogP contribution >= 0.6 is 0 Å². The highest BCUT2D eigenvalue weighted by Gasteiger charge is 2.34. The Morgan fingerprint density at radius 3 is 2.53 bits per heavy atom. The number of amides is 1. The van der Waals surface area contributed by atoms with Gasteiger partial charge in [-0.3, -0.25) is 4.79 Å². The maximum atomic E-state index is 13.9. The molecule has 0 N–H and O–H groups in total. The zero-order valence-electron chi connectivity index (χ0n) is 16.8. The van der Waals surface area contributed by atoms with Crippen molar-refractivity contribution in [2.45, 2.75) is 24.3 Å². The summed E-state index contributed by atoms with van der Waals surface area (Å²) in [4.78, 5) is 13.7. The van der Waals surface area contributed by atoms with Crippen molar-refractivity contribution in [3.8, 4) is 5.75 Å². The number of methoxy groups -OCH3 is 1. The summed E-state index contributed by atoms with van der Waals surface area (Å²) in [5.74, 6) is -1.51. The van der Waals surface area contributed by atoms with Gasteiger partial charge in [0, 0.05) is 32.6 Å². The second-order valence-electron chi connectivity index (χ2n) is 7.30. The minimum atomic E-state index is -4.16. The van der Waals surface area contributed by atoms with E-state index in [0.717, 1.165) is 22.0 Å². The van der Waals surface area contributed by atoms with Crippen LogP contribution in [0.1, 0.15) is 18.4 Å². The lowest BCUT2D eigenvalue weighted by atomic mass is 9.96. The summed E-state index contributed by atoms with van der Waals surface area (Å²) in [6, 6.07) is 9.78. The highest BCUT2D eigenvalue weighted by molar-refractivity contribution is 7.89. The maximum Gasteiger partial charge on any atom is 0.246 e. The molecule has 2 aromatic carbocycles. The molecule has 0 spiro atoms. The molecule has 30 heavy (non-hydrogen) atoms. The zero-order valence-corrected chi connectivity index (χ0v) is 17.7. The van der Waals surface area contributed by atoms with Crippen LogP contribution in [0.4, 0.5) is 8.78 Å². The Morgan fingerprint density at radius 2 is 1.87 bits per heavy atom. The molecule has 3 rings (SSSR count). The number of benzene rings is 2. The van der Waals surface area contributed by atoms with E-state index in [0.29, 0.717) is 31.2 Å². The van der Waals surface area contributed by atoms with Crippen LogP contribution in [0.2, 0.25) is 0 Å². The predicted molar refractivity (Wildman–Crippen MR) is 107 cm³/mol. The quantitative estimate of drug-likeness (QED) is 0.695. The maximum absolute atomic E-state index is 13.9. The van der Waals surface area contributed by atoms with E-state index in [9.17, 15) is 22.0 Å². The van der Waals surface area contributed by atoms with Crippen molar-refractivity contribution in [2.24, 2.45) is 5.92 Å². The Balaban J connectivity index is 1.63. The first kappa shape index (κ1) is 22.2. The van der Waals surface area contributed by atoms with Gasteiger partial charge in [0.1, 0.15) is 22.3 Å². The summed E-state index contributed by atoms with van der Waals surface area (Å²) >= 11 is 0. The first-order chi connectivity index (χ1) is 14.2. The Kier molecular flexibility index (Phi) is 6.72. The Morgan fingerprint density at radius 1 is 1.17 bits per heavy atom. The molecular weight excluding hydrogens is 414 g/mol. The zero-order chi connectivity index (χ0) is 21.9. The molecule has 0 saturated carbocycles. The van der Waals surface area contributed by atoms with E-state index in [4.69, 9.17) is 4.74 Å². The van der Waals surface area contributed by atoms with Crippen LogP contribution in [0.25, 0.3) is 0 Å². The molecule has 9 heteroatoms. The van der Waals surface area contributed by atoms with Gasteiger partial charge in [-0.05, 0) is 48.7 Å². The topological polar surface area (TPSA) is 66.9 Å². The van der Waals surface area contributed by atoms with E-state index in [-0.39, 0.29) is 24.9 Å². The number of rotatable bonds is 6. The van der Waals surface area contributed by atoms with Gasteiger partial charge in [0.2, 0.25) is 15.9 Å². The highest BCUT2D eigenvalue weighted by atomic mass is 32.2. The fourth-order valence-electron chi connectivity index (χ4n) is 3.59. The van der Waals surface area contributed by atoms with Gasteiger partial charge in [-0.2, -0.15) is 4.31 Å². The van der Waals surface area contributed by atoms with E-state index < -0.39 is 26.6 Å². The second-order valence-corrected chi connectivity index (χ2v) is 9.21. The van der Waals surface area contributed by atoms with Crippen molar-refractivity contribution >= 4 is 15.9 Å². The Hall–Kier alpha value is -2.52. The summed E-state index contributed by atoms with van der Waals surface area (Å²) in [6.45, 7) is 0.548. The number of hydrogen-bond acceptors (Lipinski definition) is 4. The molecule has 0 unspecified atom stereocenters. The van der Waals surface area contributed by atoms with Gasteiger partial charge in [-0.1, -0.05) is 12.1 Å². The van der Waals surface area contributed by atoms with Crippen molar-refractivity contribution in [1.82, 2.24) is 9.21 Å². The molecule has 6 nitrogen and oxygen atoms in total. The summed E-state index contributed by atoms with van der Waals surface area (Å²) in [5, 5.41) is 0. The average molecular weight is 438 g/mol. The lowest BCUT2D eigenvalue weighted by Crippen LogP contribution is -2.43. The number of halogens is 2. The van der Waals surface area contributed by atoms with E-state index in [1.807, 2.05) is 24.3 Å². The number of piperidine rings is 1. The molecule has 1 amide bonds. The van der Waals surface area contributed by atoms with E-state index in [2.05, 4.69) is 0 Å². The van der Waals surface area contributed by atoms with Gasteiger partial charge in [0.15, 0.2) is 0 Å². The summed E-state index contributed by atoms with van der Waals surface area (Å²) in [5.41, 5.74) is 0.923. The third-order valence-corrected chi connectivity index (χ3v) is 7.16. The van der Waals surface area contributed by atoms with Crippen LogP contribution in [-0.2, 0) is 21.4 Å². The lowest BCUT2D eigenvalue weighted by molar-refractivity contribution is -0.135. The molecule has 2 aromatic rings. The van der Waals surface area contributed by atoms with Crippen LogP contribution in [0.3, 0.4) is 0 Å². The number of ether oxygens (including phenoxy) is 1. The van der Waals surface area contributed by atoms with Crippen molar-refractivity contribution in [2.75, 3.05) is 27.2 Å². The van der Waals surface area contributed by atoms with Crippen molar-refractivity contribution in [1.29, 1.82) is 0 Å². The SMILES string of the molecule is COc1cccc(CN(C)C(=O)C2CCN(S(=O)(=O)c3cc(F)ccc3F)CC2)c1. The molecule has 0 atom stereocenters. The number of carbonyl (C=O) groups excluding carboxylic acids is 1. The van der Waals surface area contributed by atoms with Crippen LogP contribution in [0.5, 0.6) is 5.75 Å². The van der Waals surface area contributed by atoms with E-state index in [1.54, 1.807) is 19.1 Å². The first-order valence-corrected chi connectivity index (χ1v) is 11.0. The Bertz CT molecular complexity index is 1020. The van der Waals surface area contributed by atoms with Crippen molar-refractivity contribution in [3.05, 3.63) is 59.7 Å². The molecule has 162 valence electrons. The fourth-order valence-corrected chi connectivity index (χ4v) is 5.14. The van der Waals surface area contributed by atoms with Crippen LogP contribution in [0, 0.1) is 17.6 Å². The molecule has 0 radical (unpaired) electrons. The highest BCUT2D eigenvalue weighted by Crippen LogP contribution is 2.27. The molecule has 1 heterocycles. The van der Waals surface area contributed by atoms with Gasteiger partial charge < -0.3 is 9.64 Å². The number of hydrogen-bond donors (Lipinski definition) is 0. The minimum absolute atomic E-state index is 0.0711. The van der Waals surface area contributed by atoms with Crippen LogP contribution in [-0.4, -0.2) is 50.8 Å². The summed E-state index contributed by atoms with van der Waals surface area (Å²) in [7, 11) is -0.885. The second kappa shape index (κ2) is 9.09. The van der Waals surface area contributed by atoms with E-state index in [1.165, 1.54) is 0 Å². The molecule has 0 aliphatic carbocycles. The molecule has 1 aliphatic heterocycles. The summed E-state index contributed by atoms with van der Waals surface area (Å²) in [6.07, 6.45) is 0.634. The normalized spacial score (nSPS) is 15.7. The average Bonchev–Trinajstić information content (AvgIpc) is 2.75. The first-order valence-electron chi connectivity index (χ1n) is 9.55. The van der Waals surface area contributed by atoms with Crippen molar-refractivity contribution in [3.63, 3.8) is 0 Å².